The number of nitrogens with zero attached hydrogens (tertiary/aromatic N) is 2. The molecule has 0 bridgehead atoms. The van der Waals surface area contributed by atoms with Crippen LogP contribution in [0.4, 0.5) is 17.2 Å². The number of hydrogen-bond donors (Lipinski definition) is 0. The van der Waals surface area contributed by atoms with Gasteiger partial charge in [-0.25, -0.2) is 4.98 Å². The Labute approximate surface area is 137 Å². The lowest BCUT2D eigenvalue weighted by atomic mass is 10.1. The van der Waals surface area contributed by atoms with Gasteiger partial charge in [-0.05, 0) is 48.9 Å². The number of pyridine rings is 1. The van der Waals surface area contributed by atoms with Gasteiger partial charge in [0.25, 0.3) is 0 Å². The van der Waals surface area contributed by atoms with Crippen LogP contribution in [0, 0.1) is 6.92 Å². The van der Waals surface area contributed by atoms with E-state index in [9.17, 15) is 0 Å². The number of aryl methyl sites for hydroxylation is 1. The van der Waals surface area contributed by atoms with Crippen LogP contribution in [0.1, 0.15) is 5.56 Å². The van der Waals surface area contributed by atoms with Gasteiger partial charge in [0.05, 0.1) is 16.3 Å². The van der Waals surface area contributed by atoms with E-state index in [2.05, 4.69) is 59.3 Å². The minimum atomic E-state index is 1.04. The van der Waals surface area contributed by atoms with Crippen LogP contribution >= 0.6 is 23.5 Å². The van der Waals surface area contributed by atoms with E-state index in [1.165, 1.54) is 36.5 Å². The van der Waals surface area contributed by atoms with E-state index in [0.717, 1.165) is 5.82 Å². The Morgan fingerprint density at radius 2 is 1.64 bits per heavy atom. The third-order valence-corrected chi connectivity index (χ3v) is 6.15. The van der Waals surface area contributed by atoms with Gasteiger partial charge in [0.15, 0.2) is 5.82 Å². The first-order valence-electron chi connectivity index (χ1n) is 7.16. The van der Waals surface area contributed by atoms with Crippen molar-refractivity contribution in [2.24, 2.45) is 0 Å². The molecule has 2 aliphatic rings. The summed E-state index contributed by atoms with van der Waals surface area (Å²) in [5.41, 5.74) is 3.79. The van der Waals surface area contributed by atoms with E-state index in [4.69, 9.17) is 0 Å². The van der Waals surface area contributed by atoms with Crippen LogP contribution in [-0.2, 0) is 0 Å². The summed E-state index contributed by atoms with van der Waals surface area (Å²) in [6, 6.07) is 17.4. The maximum atomic E-state index is 4.67. The van der Waals surface area contributed by atoms with Crippen LogP contribution in [0.25, 0.3) is 0 Å². The number of aromatic nitrogens is 1. The Kier molecular flexibility index (Phi) is 2.60. The summed E-state index contributed by atoms with van der Waals surface area (Å²) in [5, 5.41) is 0. The van der Waals surface area contributed by atoms with Crippen molar-refractivity contribution in [2.75, 3.05) is 4.90 Å². The lowest BCUT2D eigenvalue weighted by Crippen LogP contribution is -2.20. The summed E-state index contributed by atoms with van der Waals surface area (Å²) in [6.07, 6.45) is 1.88. The average Bonchev–Trinajstić information content (AvgIpc) is 2.55. The van der Waals surface area contributed by atoms with Crippen molar-refractivity contribution in [1.82, 2.24) is 4.98 Å². The molecule has 0 unspecified atom stereocenters. The molecular weight excluding hydrogens is 308 g/mol. The van der Waals surface area contributed by atoms with E-state index < -0.39 is 0 Å². The number of fused-ring (bicyclic) bond motifs is 4. The van der Waals surface area contributed by atoms with Crippen molar-refractivity contribution in [2.45, 2.75) is 26.5 Å². The van der Waals surface area contributed by atoms with Gasteiger partial charge < -0.3 is 0 Å². The van der Waals surface area contributed by atoms with Crippen LogP contribution in [0.15, 0.2) is 74.3 Å². The number of hydrogen-bond acceptors (Lipinski definition) is 4. The third kappa shape index (κ3) is 1.68. The van der Waals surface area contributed by atoms with Crippen molar-refractivity contribution < 1.29 is 0 Å². The maximum absolute atomic E-state index is 4.67. The highest BCUT2D eigenvalue weighted by Crippen LogP contribution is 2.59. The molecule has 0 aliphatic carbocycles. The molecule has 2 aliphatic heterocycles. The van der Waals surface area contributed by atoms with Crippen LogP contribution in [-0.4, -0.2) is 4.98 Å². The Balaban J connectivity index is 1.87. The summed E-state index contributed by atoms with van der Waals surface area (Å²) in [7, 11) is 0. The molecule has 2 aromatic carbocycles. The Morgan fingerprint density at radius 3 is 2.50 bits per heavy atom. The van der Waals surface area contributed by atoms with Crippen molar-refractivity contribution in [3.8, 4) is 0 Å². The molecule has 0 atom stereocenters. The molecule has 2 nitrogen and oxygen atoms in total. The monoisotopic (exact) mass is 320 g/mol. The maximum Gasteiger partial charge on any atom is 0.151 e. The second-order valence-corrected chi connectivity index (χ2v) is 7.61. The normalized spacial score (nSPS) is 14.1. The first-order chi connectivity index (χ1) is 10.8. The molecule has 22 heavy (non-hydrogen) atoms. The predicted octanol–water partition coefficient (Wildman–Crippen LogP) is 5.79. The molecule has 1 aromatic heterocycles. The van der Waals surface area contributed by atoms with Crippen molar-refractivity contribution in [1.29, 1.82) is 0 Å². The summed E-state index contributed by atoms with van der Waals surface area (Å²) in [4.78, 5) is 12.1. The summed E-state index contributed by atoms with van der Waals surface area (Å²) in [5.74, 6) is 1.04. The fourth-order valence-corrected chi connectivity index (χ4v) is 5.18. The second kappa shape index (κ2) is 4.54. The number of anilines is 3. The highest BCUT2D eigenvalue weighted by molar-refractivity contribution is 8.00. The lowest BCUT2D eigenvalue weighted by Gasteiger charge is -2.37. The second-order valence-electron chi connectivity index (χ2n) is 5.44. The highest BCUT2D eigenvalue weighted by Gasteiger charge is 2.33. The minimum absolute atomic E-state index is 1.04. The van der Waals surface area contributed by atoms with E-state index in [-0.39, 0.29) is 0 Å². The zero-order chi connectivity index (χ0) is 14.7. The van der Waals surface area contributed by atoms with Gasteiger partial charge in [-0.2, -0.15) is 0 Å². The van der Waals surface area contributed by atoms with Crippen molar-refractivity contribution in [3.63, 3.8) is 0 Å². The Morgan fingerprint density at radius 1 is 0.864 bits per heavy atom. The molecule has 0 N–H and O–H groups in total. The largest absolute Gasteiger partial charge is 0.291 e. The smallest absolute Gasteiger partial charge is 0.151 e. The highest BCUT2D eigenvalue weighted by atomic mass is 32.2. The van der Waals surface area contributed by atoms with Gasteiger partial charge in [0.2, 0.25) is 0 Å². The summed E-state index contributed by atoms with van der Waals surface area (Å²) < 4.78 is 0. The molecular formula is C18H12N2S2. The van der Waals surface area contributed by atoms with E-state index >= 15 is 0 Å². The molecule has 4 heteroatoms. The molecule has 0 spiro atoms. The third-order valence-electron chi connectivity index (χ3n) is 3.94. The number of benzene rings is 2. The molecule has 0 amide bonds. The van der Waals surface area contributed by atoms with E-state index in [1.807, 2.05) is 35.8 Å². The fourth-order valence-electron chi connectivity index (χ4n) is 2.98. The first-order valence-corrected chi connectivity index (χ1v) is 8.79. The van der Waals surface area contributed by atoms with Crippen LogP contribution in [0.2, 0.25) is 0 Å². The lowest BCUT2D eigenvalue weighted by molar-refractivity contribution is 1.03. The van der Waals surface area contributed by atoms with Crippen LogP contribution in [0.5, 0.6) is 0 Å². The van der Waals surface area contributed by atoms with Crippen molar-refractivity contribution in [3.05, 3.63) is 60.3 Å². The standard InChI is InChI=1S/C18H12N2S2/c1-11-7-8-13-12(10-11)20-17-14(21-13)4-2-5-15(17)22-16-6-3-9-19-18(16)20/h2-10H,1H3. The molecule has 0 saturated carbocycles. The zero-order valence-corrected chi connectivity index (χ0v) is 13.5. The Bertz CT molecular complexity index is 906. The molecule has 106 valence electrons. The quantitative estimate of drug-likeness (QED) is 0.359. The topological polar surface area (TPSA) is 16.1 Å². The zero-order valence-electron chi connectivity index (χ0n) is 11.9. The van der Waals surface area contributed by atoms with Gasteiger partial charge in [0, 0.05) is 20.9 Å². The molecule has 5 rings (SSSR count). The molecule has 3 aromatic rings. The SMILES string of the molecule is Cc1ccc2c(c1)N1c3ncccc3Sc3cccc(c31)S2. The van der Waals surface area contributed by atoms with Crippen molar-refractivity contribution >= 4 is 40.7 Å². The first kappa shape index (κ1) is 12.6. The number of rotatable bonds is 0. The van der Waals surface area contributed by atoms with Gasteiger partial charge >= 0.3 is 0 Å². The van der Waals surface area contributed by atoms with E-state index in [1.54, 1.807) is 0 Å². The van der Waals surface area contributed by atoms with Gasteiger partial charge in [-0.15, -0.1) is 0 Å². The number of para-hydroxylation sites is 1. The average molecular weight is 320 g/mol. The van der Waals surface area contributed by atoms with Crippen LogP contribution < -0.4 is 4.90 Å². The van der Waals surface area contributed by atoms with Gasteiger partial charge in [0.1, 0.15) is 0 Å². The molecule has 3 heterocycles. The van der Waals surface area contributed by atoms with Gasteiger partial charge in [-0.3, -0.25) is 4.90 Å². The van der Waals surface area contributed by atoms with Crippen LogP contribution in [0.3, 0.4) is 0 Å². The minimum Gasteiger partial charge on any atom is -0.291 e. The van der Waals surface area contributed by atoms with Gasteiger partial charge in [-0.1, -0.05) is 35.7 Å². The summed E-state index contributed by atoms with van der Waals surface area (Å²) >= 11 is 3.66. The molecule has 0 radical (unpaired) electrons. The Hall–Kier alpha value is -1.91. The molecule has 0 fully saturated rings. The molecule has 0 saturated heterocycles. The fraction of sp³-hybridized carbons (Fsp3) is 0.0556. The van der Waals surface area contributed by atoms with E-state index in [0.29, 0.717) is 0 Å². The predicted molar refractivity (Wildman–Crippen MR) is 91.9 cm³/mol. The summed E-state index contributed by atoms with van der Waals surface area (Å²) in [6.45, 7) is 2.14.